The molecule has 1 saturated heterocycles. The van der Waals surface area contributed by atoms with Gasteiger partial charge in [0.15, 0.2) is 6.61 Å². The largest absolute Gasteiger partial charge is 0.483 e. The van der Waals surface area contributed by atoms with E-state index in [1.807, 2.05) is 12.1 Å². The summed E-state index contributed by atoms with van der Waals surface area (Å²) >= 11 is 0. The van der Waals surface area contributed by atoms with Crippen molar-refractivity contribution < 1.29 is 22.7 Å². The van der Waals surface area contributed by atoms with Crippen LogP contribution in [0.4, 0.5) is 0 Å². The average molecular weight is 423 g/mol. The van der Waals surface area contributed by atoms with Crippen molar-refractivity contribution in [3.8, 4) is 5.75 Å². The van der Waals surface area contributed by atoms with Crippen LogP contribution in [0.1, 0.15) is 49.1 Å². The Morgan fingerprint density at radius 3 is 2.62 bits per heavy atom. The Hall–Kier alpha value is -1.64. The number of hydrogen-bond acceptors (Lipinski definition) is 5. The summed E-state index contributed by atoms with van der Waals surface area (Å²) in [6.07, 6.45) is 5.86. The van der Waals surface area contributed by atoms with E-state index in [1.165, 1.54) is 11.1 Å². The second kappa shape index (κ2) is 8.24. The van der Waals surface area contributed by atoms with Gasteiger partial charge in [0.05, 0.1) is 25.0 Å². The molecule has 5 rings (SSSR count). The molecule has 1 N–H and O–H groups in total. The van der Waals surface area contributed by atoms with E-state index in [0.29, 0.717) is 25.5 Å². The number of nitrogens with one attached hydrogen (secondary N) is 1. The van der Waals surface area contributed by atoms with Gasteiger partial charge in [-0.25, -0.2) is 13.1 Å². The van der Waals surface area contributed by atoms with Gasteiger partial charge in [0, 0.05) is 12.6 Å². The quantitative estimate of drug-likeness (QED) is 0.787. The summed E-state index contributed by atoms with van der Waals surface area (Å²) in [6.45, 7) is 2.87. The van der Waals surface area contributed by atoms with Gasteiger partial charge in [-0.2, -0.15) is 0 Å². The molecular weight excluding hydrogens is 392 g/mol. The first kappa shape index (κ1) is 20.6. The van der Waals surface area contributed by atoms with Crippen molar-refractivity contribution >= 4 is 15.9 Å². The molecule has 8 heteroatoms. The average Bonchev–Trinajstić information content (AvgIpc) is 3.06. The molecule has 1 amide bonds. The van der Waals surface area contributed by atoms with E-state index in [-0.39, 0.29) is 30.7 Å². The molecule has 2 atom stereocenters. The summed E-state index contributed by atoms with van der Waals surface area (Å²) in [5.74, 6) is 1.07. The standard InChI is InChI=1S/C21H30N2O5S/c1-14-3-8-20-17(11-14)15-4-6-16(7-5-15)27-12-19-18(22-29(2,25)26)9-10-23(19)21(24)13-28-20/h3,8,11,15-16,18-19,22H,4-7,9-10,12-13H2,1-2H3/t15?,16?,18-,19-/m0/s1. The van der Waals surface area contributed by atoms with Crippen LogP contribution in [0.15, 0.2) is 18.2 Å². The van der Waals surface area contributed by atoms with Crippen LogP contribution in [-0.4, -0.2) is 63.4 Å². The SMILES string of the molecule is Cc1ccc2c(c1)C1CCC(CC1)OC[C@H]1[C@@H](NS(C)(=O)=O)CCN1C(=O)CO2. The molecule has 1 aliphatic carbocycles. The molecule has 160 valence electrons. The fourth-order valence-corrected chi connectivity index (χ4v) is 5.72. The molecule has 2 fully saturated rings. The lowest BCUT2D eigenvalue weighted by atomic mass is 9.82. The summed E-state index contributed by atoms with van der Waals surface area (Å²) in [5, 5.41) is 0. The number of benzene rings is 1. The van der Waals surface area contributed by atoms with Gasteiger partial charge >= 0.3 is 0 Å². The molecule has 1 aromatic carbocycles. The summed E-state index contributed by atoms with van der Waals surface area (Å²) in [4.78, 5) is 14.7. The highest BCUT2D eigenvalue weighted by Crippen LogP contribution is 2.39. The number of nitrogens with zero attached hydrogens (tertiary/aromatic N) is 1. The number of rotatable bonds is 2. The van der Waals surface area contributed by atoms with Crippen LogP contribution < -0.4 is 9.46 Å². The van der Waals surface area contributed by atoms with Crippen molar-refractivity contribution in [2.24, 2.45) is 0 Å². The van der Waals surface area contributed by atoms with Gasteiger partial charge in [-0.1, -0.05) is 17.7 Å². The van der Waals surface area contributed by atoms with Crippen LogP contribution in [0, 0.1) is 6.92 Å². The Morgan fingerprint density at radius 1 is 1.14 bits per heavy atom. The predicted molar refractivity (Wildman–Crippen MR) is 110 cm³/mol. The van der Waals surface area contributed by atoms with Crippen molar-refractivity contribution in [1.29, 1.82) is 0 Å². The Kier molecular flexibility index (Phi) is 5.86. The van der Waals surface area contributed by atoms with Gasteiger partial charge in [0.25, 0.3) is 5.91 Å². The summed E-state index contributed by atoms with van der Waals surface area (Å²) < 4.78 is 38.4. The van der Waals surface area contributed by atoms with Gasteiger partial charge in [0.1, 0.15) is 5.75 Å². The highest BCUT2D eigenvalue weighted by molar-refractivity contribution is 7.88. The zero-order valence-corrected chi connectivity index (χ0v) is 17.9. The minimum atomic E-state index is -3.36. The molecule has 0 unspecified atom stereocenters. The number of aryl methyl sites for hydroxylation is 1. The third kappa shape index (κ3) is 4.75. The Labute approximate surface area is 172 Å². The second-order valence-corrected chi connectivity index (χ2v) is 10.4. The lowest BCUT2D eigenvalue weighted by Gasteiger charge is -2.32. The van der Waals surface area contributed by atoms with Crippen LogP contribution in [0.25, 0.3) is 0 Å². The molecule has 3 aliphatic heterocycles. The summed E-state index contributed by atoms with van der Waals surface area (Å²) in [5.41, 5.74) is 2.38. The number of ether oxygens (including phenoxy) is 2. The molecule has 2 bridgehead atoms. The first-order valence-corrected chi connectivity index (χ1v) is 12.3. The third-order valence-electron chi connectivity index (χ3n) is 6.36. The predicted octanol–water partition coefficient (Wildman–Crippen LogP) is 1.95. The van der Waals surface area contributed by atoms with Crippen LogP contribution in [0.5, 0.6) is 5.75 Å². The minimum Gasteiger partial charge on any atom is -0.483 e. The molecule has 0 radical (unpaired) electrons. The lowest BCUT2D eigenvalue weighted by Crippen LogP contribution is -2.50. The highest BCUT2D eigenvalue weighted by Gasteiger charge is 2.39. The zero-order valence-electron chi connectivity index (χ0n) is 17.1. The molecule has 1 saturated carbocycles. The molecule has 3 heterocycles. The van der Waals surface area contributed by atoms with Crippen LogP contribution in [-0.2, 0) is 19.6 Å². The van der Waals surface area contributed by atoms with E-state index in [2.05, 4.69) is 17.7 Å². The Morgan fingerprint density at radius 2 is 1.90 bits per heavy atom. The number of hydrogen-bond donors (Lipinski definition) is 1. The van der Waals surface area contributed by atoms with E-state index in [4.69, 9.17) is 9.47 Å². The van der Waals surface area contributed by atoms with Gasteiger partial charge in [-0.05, 0) is 56.6 Å². The van der Waals surface area contributed by atoms with Gasteiger partial charge in [-0.3, -0.25) is 4.79 Å². The number of amides is 1. The molecule has 0 spiro atoms. The van der Waals surface area contributed by atoms with Gasteiger partial charge in [0.2, 0.25) is 10.0 Å². The molecule has 1 aromatic rings. The molecule has 4 aliphatic rings. The van der Waals surface area contributed by atoms with E-state index >= 15 is 0 Å². The van der Waals surface area contributed by atoms with Crippen LogP contribution in [0.2, 0.25) is 0 Å². The maximum absolute atomic E-state index is 12.9. The monoisotopic (exact) mass is 422 g/mol. The normalized spacial score (nSPS) is 30.6. The third-order valence-corrected chi connectivity index (χ3v) is 7.10. The number of carbonyl (C=O) groups is 1. The minimum absolute atomic E-state index is 0.0473. The first-order chi connectivity index (χ1) is 13.8. The van der Waals surface area contributed by atoms with Crippen molar-refractivity contribution in [2.45, 2.75) is 63.1 Å². The molecular formula is C21H30N2O5S. The Balaban J connectivity index is 1.60. The maximum Gasteiger partial charge on any atom is 0.260 e. The van der Waals surface area contributed by atoms with Crippen molar-refractivity contribution in [1.82, 2.24) is 9.62 Å². The van der Waals surface area contributed by atoms with Crippen LogP contribution >= 0.6 is 0 Å². The topological polar surface area (TPSA) is 84.9 Å². The summed E-state index contributed by atoms with van der Waals surface area (Å²) in [6, 6.07) is 5.52. The van der Waals surface area contributed by atoms with E-state index < -0.39 is 10.0 Å². The number of fused-ring (bicyclic) bond motifs is 5. The smallest absolute Gasteiger partial charge is 0.260 e. The van der Waals surface area contributed by atoms with Crippen molar-refractivity contribution in [3.63, 3.8) is 0 Å². The summed E-state index contributed by atoms with van der Waals surface area (Å²) in [7, 11) is -3.36. The van der Waals surface area contributed by atoms with Gasteiger partial charge in [-0.15, -0.1) is 0 Å². The highest BCUT2D eigenvalue weighted by atomic mass is 32.2. The number of carbonyl (C=O) groups excluding carboxylic acids is 1. The van der Waals surface area contributed by atoms with Gasteiger partial charge < -0.3 is 14.4 Å². The zero-order chi connectivity index (χ0) is 20.6. The fraction of sp³-hybridized carbons (Fsp3) is 0.667. The van der Waals surface area contributed by atoms with E-state index in [9.17, 15) is 13.2 Å². The molecule has 0 aromatic heterocycles. The maximum atomic E-state index is 12.9. The van der Waals surface area contributed by atoms with Crippen molar-refractivity contribution in [3.05, 3.63) is 29.3 Å². The molecule has 29 heavy (non-hydrogen) atoms. The van der Waals surface area contributed by atoms with E-state index in [1.54, 1.807) is 4.90 Å². The van der Waals surface area contributed by atoms with Crippen LogP contribution in [0.3, 0.4) is 0 Å². The number of sulfonamides is 1. The second-order valence-electron chi connectivity index (χ2n) is 8.58. The Bertz CT molecular complexity index is 864. The molecule has 7 nitrogen and oxygen atoms in total. The van der Waals surface area contributed by atoms with E-state index in [0.717, 1.165) is 37.7 Å². The first-order valence-electron chi connectivity index (χ1n) is 10.4. The fourth-order valence-electron chi connectivity index (χ4n) is 4.90. The van der Waals surface area contributed by atoms with Crippen molar-refractivity contribution in [2.75, 3.05) is 26.0 Å². The lowest BCUT2D eigenvalue weighted by molar-refractivity contribution is -0.136.